The summed E-state index contributed by atoms with van der Waals surface area (Å²) >= 11 is 0. The number of esters is 1. The molecule has 0 radical (unpaired) electrons. The molecule has 0 saturated carbocycles. The first kappa shape index (κ1) is 21.2. The van der Waals surface area contributed by atoms with E-state index in [4.69, 9.17) is 9.84 Å². The van der Waals surface area contributed by atoms with Crippen molar-refractivity contribution in [2.24, 2.45) is 5.41 Å². The molecule has 8 heteroatoms. The van der Waals surface area contributed by atoms with E-state index in [0.29, 0.717) is 0 Å². The summed E-state index contributed by atoms with van der Waals surface area (Å²) in [5.74, 6) is -1.25. The Morgan fingerprint density at radius 2 is 1.61 bits per heavy atom. The Bertz CT molecular complexity index is 442. The maximum Gasteiger partial charge on any atom is 0.407 e. The highest BCUT2D eigenvalue weighted by Crippen LogP contribution is 2.21. The predicted molar refractivity (Wildman–Crippen MR) is 83.6 cm³/mol. The zero-order valence-electron chi connectivity index (χ0n) is 14.9. The number of methoxy groups -OCH3 is 1. The van der Waals surface area contributed by atoms with Gasteiger partial charge < -0.3 is 25.2 Å². The Morgan fingerprint density at radius 3 is 2.00 bits per heavy atom. The summed E-state index contributed by atoms with van der Waals surface area (Å²) in [6, 6.07) is -1.73. The van der Waals surface area contributed by atoms with E-state index in [2.05, 4.69) is 15.4 Å². The lowest BCUT2D eigenvalue weighted by Crippen LogP contribution is -2.55. The van der Waals surface area contributed by atoms with Crippen molar-refractivity contribution in [1.29, 1.82) is 0 Å². The highest BCUT2D eigenvalue weighted by atomic mass is 16.6. The van der Waals surface area contributed by atoms with E-state index in [-0.39, 0.29) is 0 Å². The smallest absolute Gasteiger partial charge is 0.407 e. The standard InChI is InChI=1S/C15H28N2O6/c1-9(16-13(21)23-14(2,3)4)15(5,6)12(20)17-10(8-18)11(19)22-7/h9-10,18H,8H2,1-7H3,(H,16,21)(H,17,20). The van der Waals surface area contributed by atoms with Crippen LogP contribution in [0.15, 0.2) is 0 Å². The molecule has 0 aliphatic rings. The fourth-order valence-electron chi connectivity index (χ4n) is 1.53. The van der Waals surface area contributed by atoms with Gasteiger partial charge in [0.15, 0.2) is 6.04 Å². The van der Waals surface area contributed by atoms with Crippen molar-refractivity contribution >= 4 is 18.0 Å². The molecule has 0 spiro atoms. The third kappa shape index (κ3) is 6.85. The second-order valence-corrected chi connectivity index (χ2v) is 6.82. The average molecular weight is 332 g/mol. The molecule has 0 aliphatic carbocycles. The van der Waals surface area contributed by atoms with Crippen LogP contribution in [0.5, 0.6) is 0 Å². The molecule has 2 atom stereocenters. The van der Waals surface area contributed by atoms with Crippen molar-refractivity contribution in [3.8, 4) is 0 Å². The van der Waals surface area contributed by atoms with Crippen molar-refractivity contribution in [3.05, 3.63) is 0 Å². The van der Waals surface area contributed by atoms with Crippen LogP contribution in [0.25, 0.3) is 0 Å². The number of amides is 2. The lowest BCUT2D eigenvalue weighted by Gasteiger charge is -2.32. The fraction of sp³-hybridized carbons (Fsp3) is 0.800. The van der Waals surface area contributed by atoms with Gasteiger partial charge in [-0.1, -0.05) is 0 Å². The average Bonchev–Trinajstić information content (AvgIpc) is 2.41. The lowest BCUT2D eigenvalue weighted by atomic mass is 9.84. The number of hydrogen-bond donors (Lipinski definition) is 3. The highest BCUT2D eigenvalue weighted by Gasteiger charge is 2.37. The van der Waals surface area contributed by atoms with Crippen molar-refractivity contribution in [2.75, 3.05) is 13.7 Å². The minimum atomic E-state index is -1.15. The number of aliphatic hydroxyl groups is 1. The number of rotatable bonds is 6. The molecule has 8 nitrogen and oxygen atoms in total. The molecular weight excluding hydrogens is 304 g/mol. The van der Waals surface area contributed by atoms with Crippen LogP contribution in [0.1, 0.15) is 41.5 Å². The van der Waals surface area contributed by atoms with Crippen LogP contribution in [-0.2, 0) is 19.1 Å². The van der Waals surface area contributed by atoms with Gasteiger partial charge in [0.1, 0.15) is 5.60 Å². The first-order chi connectivity index (χ1) is 10.3. The second kappa shape index (κ2) is 8.14. The highest BCUT2D eigenvalue weighted by molar-refractivity contribution is 5.88. The monoisotopic (exact) mass is 332 g/mol. The third-order valence-corrected chi connectivity index (χ3v) is 3.37. The van der Waals surface area contributed by atoms with E-state index in [0.717, 1.165) is 7.11 Å². The van der Waals surface area contributed by atoms with Gasteiger partial charge in [0, 0.05) is 6.04 Å². The summed E-state index contributed by atoms with van der Waals surface area (Å²) in [4.78, 5) is 35.6. The molecule has 0 aromatic carbocycles. The molecule has 3 N–H and O–H groups in total. The summed E-state index contributed by atoms with van der Waals surface area (Å²) in [5, 5.41) is 14.1. The van der Waals surface area contributed by atoms with Gasteiger partial charge in [0.05, 0.1) is 19.1 Å². The Balaban J connectivity index is 4.85. The third-order valence-electron chi connectivity index (χ3n) is 3.37. The maximum absolute atomic E-state index is 12.3. The second-order valence-electron chi connectivity index (χ2n) is 6.82. The molecule has 0 fully saturated rings. The molecule has 0 aliphatic heterocycles. The van der Waals surface area contributed by atoms with Gasteiger partial charge in [0.2, 0.25) is 5.91 Å². The van der Waals surface area contributed by atoms with Gasteiger partial charge in [-0.25, -0.2) is 9.59 Å². The molecule has 2 amide bonds. The summed E-state index contributed by atoms with van der Waals surface area (Å²) in [6.07, 6.45) is -0.641. The van der Waals surface area contributed by atoms with Gasteiger partial charge in [-0.15, -0.1) is 0 Å². The molecule has 0 saturated heterocycles. The van der Waals surface area contributed by atoms with Crippen LogP contribution in [0.3, 0.4) is 0 Å². The molecule has 2 unspecified atom stereocenters. The number of alkyl carbamates (subject to hydrolysis) is 1. The molecule has 0 aromatic rings. The SMILES string of the molecule is COC(=O)C(CO)NC(=O)C(C)(C)C(C)NC(=O)OC(C)(C)C. The van der Waals surface area contributed by atoms with Crippen molar-refractivity contribution < 1.29 is 29.0 Å². The van der Waals surface area contributed by atoms with Gasteiger partial charge in [-0.3, -0.25) is 4.79 Å². The summed E-state index contributed by atoms with van der Waals surface area (Å²) in [5.41, 5.74) is -1.69. The topological polar surface area (TPSA) is 114 Å². The van der Waals surface area contributed by atoms with Crippen LogP contribution < -0.4 is 10.6 Å². The number of carbonyl (C=O) groups excluding carboxylic acids is 3. The van der Waals surface area contributed by atoms with Gasteiger partial charge >= 0.3 is 12.1 Å². The van der Waals surface area contributed by atoms with Crippen molar-refractivity contribution in [3.63, 3.8) is 0 Å². The van der Waals surface area contributed by atoms with Gasteiger partial charge in [-0.05, 0) is 41.5 Å². The largest absolute Gasteiger partial charge is 0.467 e. The Hall–Kier alpha value is -1.83. The predicted octanol–water partition coefficient (Wildman–Crippen LogP) is 0.576. The molecular formula is C15H28N2O6. The molecule has 134 valence electrons. The van der Waals surface area contributed by atoms with Gasteiger partial charge in [0.25, 0.3) is 0 Å². The van der Waals surface area contributed by atoms with Crippen LogP contribution in [0, 0.1) is 5.41 Å². The minimum Gasteiger partial charge on any atom is -0.467 e. The van der Waals surface area contributed by atoms with Crippen LogP contribution in [-0.4, -0.2) is 54.5 Å². The Labute approximate surface area is 136 Å². The molecule has 23 heavy (non-hydrogen) atoms. The first-order valence-corrected chi connectivity index (χ1v) is 7.34. The Morgan fingerprint density at radius 1 is 1.09 bits per heavy atom. The first-order valence-electron chi connectivity index (χ1n) is 7.34. The minimum absolute atomic E-state index is 0.509. The number of hydrogen-bond acceptors (Lipinski definition) is 6. The number of carbonyl (C=O) groups is 3. The van der Waals surface area contributed by atoms with E-state index < -0.39 is 47.7 Å². The zero-order valence-corrected chi connectivity index (χ0v) is 14.9. The van der Waals surface area contributed by atoms with Crippen molar-refractivity contribution in [1.82, 2.24) is 10.6 Å². The molecule has 0 bridgehead atoms. The molecule has 0 rings (SSSR count). The van der Waals surface area contributed by atoms with Crippen LogP contribution >= 0.6 is 0 Å². The Kier molecular flexibility index (Phi) is 7.50. The number of aliphatic hydroxyl groups excluding tert-OH is 1. The number of nitrogens with one attached hydrogen (secondary N) is 2. The maximum atomic E-state index is 12.3. The summed E-state index contributed by atoms with van der Waals surface area (Å²) < 4.78 is 9.64. The molecule has 0 heterocycles. The van der Waals surface area contributed by atoms with E-state index in [1.165, 1.54) is 0 Å². The summed E-state index contributed by atoms with van der Waals surface area (Å²) in [6.45, 7) is 9.48. The van der Waals surface area contributed by atoms with Crippen LogP contribution in [0.2, 0.25) is 0 Å². The van der Waals surface area contributed by atoms with Gasteiger partial charge in [-0.2, -0.15) is 0 Å². The quantitative estimate of drug-likeness (QED) is 0.613. The fourth-order valence-corrected chi connectivity index (χ4v) is 1.53. The van der Waals surface area contributed by atoms with Crippen LogP contribution in [0.4, 0.5) is 4.79 Å². The van der Waals surface area contributed by atoms with E-state index >= 15 is 0 Å². The zero-order chi connectivity index (χ0) is 18.4. The van der Waals surface area contributed by atoms with E-state index in [1.54, 1.807) is 41.5 Å². The normalized spacial score (nSPS) is 14.4. The molecule has 0 aromatic heterocycles. The lowest BCUT2D eigenvalue weighted by molar-refractivity contribution is -0.147. The van der Waals surface area contributed by atoms with E-state index in [9.17, 15) is 14.4 Å². The van der Waals surface area contributed by atoms with E-state index in [1.807, 2.05) is 0 Å². The summed E-state index contributed by atoms with van der Waals surface area (Å²) in [7, 11) is 1.16. The number of ether oxygens (including phenoxy) is 2. The van der Waals surface area contributed by atoms with Crippen molar-refractivity contribution in [2.45, 2.75) is 59.2 Å².